The van der Waals surface area contributed by atoms with Crippen molar-refractivity contribution in [3.8, 4) is 10.7 Å². The van der Waals surface area contributed by atoms with Gasteiger partial charge in [-0.1, -0.05) is 11.8 Å². The van der Waals surface area contributed by atoms with Crippen LogP contribution in [0.4, 0.5) is 5.69 Å². The van der Waals surface area contributed by atoms with Crippen LogP contribution in [0.3, 0.4) is 0 Å². The number of nitrogens with zero attached hydrogens (tertiary/aromatic N) is 4. The van der Waals surface area contributed by atoms with Gasteiger partial charge in [0.2, 0.25) is 0 Å². The number of hydrogen-bond donors (Lipinski definition) is 1. The maximum absolute atomic E-state index is 12.8. The third kappa shape index (κ3) is 5.43. The number of anilines is 1. The first kappa shape index (κ1) is 21.8. The van der Waals surface area contributed by atoms with Crippen molar-refractivity contribution < 1.29 is 14.3 Å². The Morgan fingerprint density at radius 2 is 2.10 bits per heavy atom. The minimum absolute atomic E-state index is 0.199. The molecule has 0 unspecified atom stereocenters. The molecule has 0 saturated carbocycles. The molecule has 3 heterocycles. The summed E-state index contributed by atoms with van der Waals surface area (Å²) in [5.74, 6) is 0.320. The lowest BCUT2D eigenvalue weighted by Crippen LogP contribution is -2.11. The van der Waals surface area contributed by atoms with E-state index in [1.807, 2.05) is 25.1 Å². The molecule has 1 amide bonds. The van der Waals surface area contributed by atoms with Gasteiger partial charge in [-0.15, -0.1) is 22.7 Å². The zero-order valence-corrected chi connectivity index (χ0v) is 19.3. The Kier molecular flexibility index (Phi) is 7.20. The van der Waals surface area contributed by atoms with Crippen LogP contribution in [0.25, 0.3) is 20.9 Å². The Labute approximate surface area is 191 Å². The molecule has 0 saturated heterocycles. The lowest BCUT2D eigenvalue weighted by Gasteiger charge is -2.03. The van der Waals surface area contributed by atoms with E-state index in [2.05, 4.69) is 25.3 Å². The summed E-state index contributed by atoms with van der Waals surface area (Å²) in [5, 5.41) is 3.63. The van der Waals surface area contributed by atoms with Crippen LogP contribution < -0.4 is 5.32 Å². The van der Waals surface area contributed by atoms with E-state index >= 15 is 0 Å². The van der Waals surface area contributed by atoms with Crippen LogP contribution in [0.2, 0.25) is 0 Å². The highest BCUT2D eigenvalue weighted by molar-refractivity contribution is 8.01. The molecular weight excluding hydrogens is 454 g/mol. The SMILES string of the molecule is COCCOCSc1nc2ccc(NC(=O)c3sc(-c4cnccn4)nc3C)cc2s1. The summed E-state index contributed by atoms with van der Waals surface area (Å²) < 4.78 is 12.4. The minimum Gasteiger partial charge on any atom is -0.382 e. The molecule has 0 atom stereocenters. The molecule has 160 valence electrons. The molecule has 8 nitrogen and oxygen atoms in total. The Morgan fingerprint density at radius 1 is 1.19 bits per heavy atom. The van der Waals surface area contributed by atoms with Gasteiger partial charge in [-0.2, -0.15) is 0 Å². The van der Waals surface area contributed by atoms with Crippen LogP contribution in [0, 0.1) is 6.92 Å². The van der Waals surface area contributed by atoms with E-state index in [0.29, 0.717) is 46.1 Å². The molecule has 4 aromatic rings. The summed E-state index contributed by atoms with van der Waals surface area (Å²) in [4.78, 5) is 30.8. The summed E-state index contributed by atoms with van der Waals surface area (Å²) in [6.07, 6.45) is 4.84. The summed E-state index contributed by atoms with van der Waals surface area (Å²) in [5.41, 5.74) is 2.91. The number of fused-ring (bicyclic) bond motifs is 1. The highest BCUT2D eigenvalue weighted by Crippen LogP contribution is 2.32. The van der Waals surface area contributed by atoms with Crippen molar-refractivity contribution in [1.82, 2.24) is 19.9 Å². The fourth-order valence-corrected chi connectivity index (χ4v) is 5.42. The number of thiazole rings is 2. The second-order valence-electron chi connectivity index (χ2n) is 6.30. The van der Waals surface area contributed by atoms with Crippen LogP contribution in [0.15, 0.2) is 41.1 Å². The molecule has 0 spiro atoms. The second-order valence-corrected chi connectivity index (χ2v) is 9.50. The first-order chi connectivity index (χ1) is 15.1. The number of ether oxygens (including phenoxy) is 2. The number of carbonyl (C=O) groups excluding carboxylic acids is 1. The predicted molar refractivity (Wildman–Crippen MR) is 124 cm³/mol. The lowest BCUT2D eigenvalue weighted by molar-refractivity contribution is 0.0953. The molecule has 1 aromatic carbocycles. The number of benzene rings is 1. The van der Waals surface area contributed by atoms with Crippen molar-refractivity contribution in [1.29, 1.82) is 0 Å². The zero-order chi connectivity index (χ0) is 21.6. The van der Waals surface area contributed by atoms with Crippen molar-refractivity contribution in [2.45, 2.75) is 11.3 Å². The van der Waals surface area contributed by atoms with Crippen LogP contribution in [-0.4, -0.2) is 52.1 Å². The van der Waals surface area contributed by atoms with Crippen molar-refractivity contribution in [2.24, 2.45) is 0 Å². The van der Waals surface area contributed by atoms with Gasteiger partial charge in [0.15, 0.2) is 4.34 Å². The van der Waals surface area contributed by atoms with Gasteiger partial charge in [0.1, 0.15) is 15.6 Å². The highest BCUT2D eigenvalue weighted by atomic mass is 32.2. The molecule has 3 aromatic heterocycles. The van der Waals surface area contributed by atoms with Gasteiger partial charge in [-0.05, 0) is 25.1 Å². The maximum atomic E-state index is 12.8. The van der Waals surface area contributed by atoms with Gasteiger partial charge in [-0.3, -0.25) is 14.8 Å². The number of carbonyl (C=O) groups is 1. The number of hydrogen-bond acceptors (Lipinski definition) is 10. The van der Waals surface area contributed by atoms with Crippen molar-refractivity contribution in [2.75, 3.05) is 31.6 Å². The van der Waals surface area contributed by atoms with Crippen LogP contribution in [-0.2, 0) is 9.47 Å². The lowest BCUT2D eigenvalue weighted by atomic mass is 10.3. The second kappa shape index (κ2) is 10.2. The van der Waals surface area contributed by atoms with Crippen LogP contribution in [0.5, 0.6) is 0 Å². The maximum Gasteiger partial charge on any atom is 0.267 e. The Morgan fingerprint density at radius 3 is 2.90 bits per heavy atom. The fraction of sp³-hybridized carbons (Fsp3) is 0.250. The zero-order valence-electron chi connectivity index (χ0n) is 16.8. The summed E-state index contributed by atoms with van der Waals surface area (Å²) in [6.45, 7) is 2.94. The predicted octanol–water partition coefficient (Wildman–Crippen LogP) is 4.48. The molecule has 0 fully saturated rings. The largest absolute Gasteiger partial charge is 0.382 e. The van der Waals surface area contributed by atoms with E-state index < -0.39 is 0 Å². The van der Waals surface area contributed by atoms with Crippen molar-refractivity contribution in [3.05, 3.63) is 47.4 Å². The number of thioether (sulfide) groups is 1. The van der Waals surface area contributed by atoms with E-state index in [9.17, 15) is 4.79 Å². The number of methoxy groups -OCH3 is 1. The molecule has 11 heteroatoms. The number of aryl methyl sites for hydroxylation is 1. The minimum atomic E-state index is -0.199. The number of amides is 1. The van der Waals surface area contributed by atoms with Crippen molar-refractivity contribution in [3.63, 3.8) is 0 Å². The fourth-order valence-electron chi connectivity index (χ4n) is 2.65. The highest BCUT2D eigenvalue weighted by Gasteiger charge is 2.17. The van der Waals surface area contributed by atoms with Crippen LogP contribution in [0.1, 0.15) is 15.4 Å². The van der Waals surface area contributed by atoms with E-state index in [0.717, 1.165) is 14.6 Å². The summed E-state index contributed by atoms with van der Waals surface area (Å²) in [6, 6.07) is 5.69. The third-order valence-corrected chi connectivity index (χ3v) is 7.33. The topological polar surface area (TPSA) is 99.1 Å². The van der Waals surface area contributed by atoms with Crippen molar-refractivity contribution >= 4 is 56.2 Å². The quantitative estimate of drug-likeness (QED) is 0.216. The molecular formula is C20H19N5O3S3. The third-order valence-electron chi connectivity index (χ3n) is 4.11. The average Bonchev–Trinajstić information content (AvgIpc) is 3.37. The smallest absolute Gasteiger partial charge is 0.267 e. The molecule has 31 heavy (non-hydrogen) atoms. The standard InChI is InChI=1S/C20H19N5O3S3/c1-12-17(31-19(23-12)15-10-21-5-6-22-15)18(26)24-13-3-4-14-16(9-13)30-20(25-14)29-11-28-8-7-27-2/h3-6,9-10H,7-8,11H2,1-2H3,(H,24,26). The van der Waals surface area contributed by atoms with Gasteiger partial charge in [0.05, 0.1) is 41.3 Å². The Bertz CT molecular complexity index is 1180. The van der Waals surface area contributed by atoms with Gasteiger partial charge >= 0.3 is 0 Å². The number of aromatic nitrogens is 4. The normalized spacial score (nSPS) is 11.2. The molecule has 1 N–H and O–H groups in total. The monoisotopic (exact) mass is 473 g/mol. The Balaban J connectivity index is 1.43. The Hall–Kier alpha value is -2.44. The summed E-state index contributed by atoms with van der Waals surface area (Å²) in [7, 11) is 1.65. The first-order valence-corrected chi connectivity index (χ1v) is 11.9. The summed E-state index contributed by atoms with van der Waals surface area (Å²) >= 11 is 4.41. The van der Waals surface area contributed by atoms with E-state index in [-0.39, 0.29) is 5.91 Å². The van der Waals surface area contributed by atoms with Crippen LogP contribution >= 0.6 is 34.4 Å². The molecule has 0 bridgehead atoms. The van der Waals surface area contributed by atoms with Gasteiger partial charge in [-0.25, -0.2) is 9.97 Å². The molecule has 4 rings (SSSR count). The van der Waals surface area contributed by atoms with Gasteiger partial charge < -0.3 is 14.8 Å². The van der Waals surface area contributed by atoms with Gasteiger partial charge in [0.25, 0.3) is 5.91 Å². The molecule has 0 aliphatic heterocycles. The molecule has 0 aliphatic carbocycles. The number of nitrogens with one attached hydrogen (secondary N) is 1. The first-order valence-electron chi connectivity index (χ1n) is 9.29. The van der Waals surface area contributed by atoms with E-state index in [4.69, 9.17) is 9.47 Å². The van der Waals surface area contributed by atoms with E-state index in [1.54, 1.807) is 48.8 Å². The van der Waals surface area contributed by atoms with Gasteiger partial charge in [0, 0.05) is 25.2 Å². The van der Waals surface area contributed by atoms with E-state index in [1.165, 1.54) is 11.3 Å². The number of rotatable bonds is 9. The molecule has 0 radical (unpaired) electrons. The molecule has 0 aliphatic rings. The average molecular weight is 474 g/mol.